The number of rotatable bonds is 4. The van der Waals surface area contributed by atoms with E-state index in [1.54, 1.807) is 7.11 Å². The fraction of sp³-hybridized carbons (Fsp3) is 0.500. The Morgan fingerprint density at radius 3 is 2.60 bits per heavy atom. The van der Waals surface area contributed by atoms with Crippen molar-refractivity contribution < 1.29 is 14.3 Å². The van der Waals surface area contributed by atoms with E-state index in [2.05, 4.69) is 21.2 Å². The molecule has 0 bridgehead atoms. The number of methoxy groups -OCH3 is 1. The van der Waals surface area contributed by atoms with Crippen LogP contribution in [0, 0.1) is 0 Å². The average molecular weight is 345 g/mol. The second kappa shape index (κ2) is 6.95. The summed E-state index contributed by atoms with van der Waals surface area (Å²) in [4.78, 5) is 11.8. The molecule has 112 valence electrons. The predicted octanol–water partition coefficient (Wildman–Crippen LogP) is 2.98. The average Bonchev–Trinajstić information content (AvgIpc) is 2.34. The van der Waals surface area contributed by atoms with E-state index >= 15 is 0 Å². The van der Waals surface area contributed by atoms with Crippen LogP contribution in [-0.4, -0.2) is 25.3 Å². The number of hydrogen-bond donors (Lipinski definition) is 2. The fourth-order valence-corrected chi connectivity index (χ4v) is 2.03. The van der Waals surface area contributed by atoms with Crippen molar-refractivity contribution in [3.63, 3.8) is 0 Å². The van der Waals surface area contributed by atoms with Crippen LogP contribution in [0.25, 0.3) is 0 Å². The van der Waals surface area contributed by atoms with Crippen LogP contribution in [0.15, 0.2) is 22.7 Å². The van der Waals surface area contributed by atoms with Crippen molar-refractivity contribution in [2.24, 2.45) is 5.73 Å². The number of hydrogen-bond acceptors (Lipinski definition) is 4. The minimum Gasteiger partial charge on any atom is -0.496 e. The van der Waals surface area contributed by atoms with Crippen LogP contribution in [0.5, 0.6) is 5.75 Å². The number of halogens is 1. The second-order valence-electron chi connectivity index (χ2n) is 5.33. The van der Waals surface area contributed by atoms with Crippen molar-refractivity contribution in [1.82, 2.24) is 5.32 Å². The zero-order valence-corrected chi connectivity index (χ0v) is 13.8. The maximum Gasteiger partial charge on any atom is 0.408 e. The molecular weight excluding hydrogens is 324 g/mol. The summed E-state index contributed by atoms with van der Waals surface area (Å²) in [7, 11) is 1.59. The molecule has 1 amide bonds. The highest BCUT2D eigenvalue weighted by Crippen LogP contribution is 2.28. The lowest BCUT2D eigenvalue weighted by atomic mass is 10.1. The standard InChI is InChI=1S/C14H21BrN2O3/c1-14(2,3)20-13(18)17-11(8-16)9-5-6-10(15)12(7-9)19-4/h5-7,11H,8,16H2,1-4H3,(H,17,18). The molecule has 1 aromatic rings. The first-order valence-corrected chi connectivity index (χ1v) is 7.09. The number of amides is 1. The summed E-state index contributed by atoms with van der Waals surface area (Å²) in [5.41, 5.74) is 6.04. The van der Waals surface area contributed by atoms with E-state index < -0.39 is 11.7 Å². The molecule has 20 heavy (non-hydrogen) atoms. The molecule has 5 nitrogen and oxygen atoms in total. The van der Waals surface area contributed by atoms with Gasteiger partial charge in [-0.1, -0.05) is 6.07 Å². The van der Waals surface area contributed by atoms with Gasteiger partial charge in [-0.05, 0) is 54.4 Å². The van der Waals surface area contributed by atoms with Crippen LogP contribution in [0.2, 0.25) is 0 Å². The van der Waals surface area contributed by atoms with Gasteiger partial charge in [0.15, 0.2) is 0 Å². The lowest BCUT2D eigenvalue weighted by Gasteiger charge is -2.23. The van der Waals surface area contributed by atoms with E-state index in [0.29, 0.717) is 5.75 Å². The first-order chi connectivity index (χ1) is 9.26. The third-order valence-electron chi connectivity index (χ3n) is 2.50. The second-order valence-corrected chi connectivity index (χ2v) is 6.18. The molecule has 0 aromatic heterocycles. The number of nitrogens with two attached hydrogens (primary N) is 1. The highest BCUT2D eigenvalue weighted by Gasteiger charge is 2.20. The van der Waals surface area contributed by atoms with Crippen molar-refractivity contribution in [1.29, 1.82) is 0 Å². The summed E-state index contributed by atoms with van der Waals surface area (Å²) in [6, 6.07) is 5.24. The molecule has 0 saturated carbocycles. The number of carbonyl (C=O) groups excluding carboxylic acids is 1. The Morgan fingerprint density at radius 1 is 1.45 bits per heavy atom. The SMILES string of the molecule is COc1cc(C(CN)NC(=O)OC(C)(C)C)ccc1Br. The Hall–Kier alpha value is -1.27. The van der Waals surface area contributed by atoms with Gasteiger partial charge in [-0.3, -0.25) is 0 Å². The molecule has 0 aliphatic carbocycles. The Morgan fingerprint density at radius 2 is 2.10 bits per heavy atom. The smallest absolute Gasteiger partial charge is 0.408 e. The number of benzene rings is 1. The van der Waals surface area contributed by atoms with E-state index in [1.165, 1.54) is 0 Å². The van der Waals surface area contributed by atoms with Gasteiger partial charge in [0.2, 0.25) is 0 Å². The third-order valence-corrected chi connectivity index (χ3v) is 3.16. The molecule has 0 saturated heterocycles. The molecule has 3 N–H and O–H groups in total. The molecule has 6 heteroatoms. The molecule has 0 fully saturated rings. The first kappa shape index (κ1) is 16.8. The van der Waals surface area contributed by atoms with E-state index in [-0.39, 0.29) is 12.6 Å². The maximum absolute atomic E-state index is 11.8. The Labute approximate surface area is 127 Å². The molecule has 0 spiro atoms. The Balaban J connectivity index is 2.83. The van der Waals surface area contributed by atoms with E-state index in [1.807, 2.05) is 39.0 Å². The summed E-state index contributed by atoms with van der Waals surface area (Å²) >= 11 is 3.38. The van der Waals surface area contributed by atoms with Gasteiger partial charge in [0, 0.05) is 6.54 Å². The molecule has 1 unspecified atom stereocenters. The number of nitrogens with one attached hydrogen (secondary N) is 1. The molecule has 0 radical (unpaired) electrons. The normalized spacial score (nSPS) is 12.7. The van der Waals surface area contributed by atoms with E-state index in [9.17, 15) is 4.79 Å². The third kappa shape index (κ3) is 5.02. The van der Waals surface area contributed by atoms with Crippen molar-refractivity contribution in [3.8, 4) is 5.75 Å². The number of carbonyl (C=O) groups is 1. The van der Waals surface area contributed by atoms with Gasteiger partial charge < -0.3 is 20.5 Å². The van der Waals surface area contributed by atoms with Gasteiger partial charge in [0.1, 0.15) is 11.4 Å². The topological polar surface area (TPSA) is 73.6 Å². The van der Waals surface area contributed by atoms with Crippen LogP contribution in [0.1, 0.15) is 32.4 Å². The molecule has 1 atom stereocenters. The summed E-state index contributed by atoms with van der Waals surface area (Å²) in [6.07, 6.45) is -0.491. The molecular formula is C14H21BrN2O3. The minimum absolute atomic E-state index is 0.268. The van der Waals surface area contributed by atoms with E-state index in [0.717, 1.165) is 10.0 Å². The van der Waals surface area contributed by atoms with Crippen molar-refractivity contribution >= 4 is 22.0 Å². The summed E-state index contributed by atoms with van der Waals surface area (Å²) in [6.45, 7) is 5.70. The molecule has 1 aromatic carbocycles. The molecule has 0 aliphatic rings. The Kier molecular flexibility index (Phi) is 5.83. The highest BCUT2D eigenvalue weighted by atomic mass is 79.9. The van der Waals surface area contributed by atoms with Crippen molar-refractivity contribution in [2.45, 2.75) is 32.4 Å². The summed E-state index contributed by atoms with van der Waals surface area (Å²) in [5.74, 6) is 0.687. The monoisotopic (exact) mass is 344 g/mol. The maximum atomic E-state index is 11.8. The van der Waals surface area contributed by atoms with Crippen LogP contribution in [0.3, 0.4) is 0 Å². The lowest BCUT2D eigenvalue weighted by molar-refractivity contribution is 0.0505. The van der Waals surface area contributed by atoms with Gasteiger partial charge in [0.25, 0.3) is 0 Å². The molecule has 0 aliphatic heterocycles. The van der Waals surface area contributed by atoms with Gasteiger partial charge >= 0.3 is 6.09 Å². The van der Waals surface area contributed by atoms with Crippen LogP contribution >= 0.6 is 15.9 Å². The van der Waals surface area contributed by atoms with Gasteiger partial charge in [-0.15, -0.1) is 0 Å². The number of ether oxygens (including phenoxy) is 2. The largest absolute Gasteiger partial charge is 0.496 e. The predicted molar refractivity (Wildman–Crippen MR) is 81.9 cm³/mol. The summed E-state index contributed by atoms with van der Waals surface area (Å²) < 4.78 is 11.3. The summed E-state index contributed by atoms with van der Waals surface area (Å²) in [5, 5.41) is 2.75. The van der Waals surface area contributed by atoms with Gasteiger partial charge in [-0.25, -0.2) is 4.79 Å². The zero-order chi connectivity index (χ0) is 15.3. The molecule has 0 heterocycles. The minimum atomic E-state index is -0.541. The van der Waals surface area contributed by atoms with Crippen LogP contribution < -0.4 is 15.8 Å². The quantitative estimate of drug-likeness (QED) is 0.880. The van der Waals surface area contributed by atoms with Gasteiger partial charge in [-0.2, -0.15) is 0 Å². The fourth-order valence-electron chi connectivity index (χ4n) is 1.62. The van der Waals surface area contributed by atoms with Crippen LogP contribution in [0.4, 0.5) is 4.79 Å². The molecule has 1 rings (SSSR count). The van der Waals surface area contributed by atoms with E-state index in [4.69, 9.17) is 15.2 Å². The van der Waals surface area contributed by atoms with Gasteiger partial charge in [0.05, 0.1) is 17.6 Å². The number of alkyl carbamates (subject to hydrolysis) is 1. The zero-order valence-electron chi connectivity index (χ0n) is 12.2. The Bertz CT molecular complexity index is 472. The highest BCUT2D eigenvalue weighted by molar-refractivity contribution is 9.10. The lowest BCUT2D eigenvalue weighted by Crippen LogP contribution is -2.37. The van der Waals surface area contributed by atoms with Crippen LogP contribution in [-0.2, 0) is 4.74 Å². The first-order valence-electron chi connectivity index (χ1n) is 6.30. The van der Waals surface area contributed by atoms with Crippen molar-refractivity contribution in [2.75, 3.05) is 13.7 Å². The van der Waals surface area contributed by atoms with Crippen molar-refractivity contribution in [3.05, 3.63) is 28.2 Å².